The van der Waals surface area contributed by atoms with Crippen molar-refractivity contribution < 1.29 is 9.59 Å². The fraction of sp³-hybridized carbons (Fsp3) is 0.333. The van der Waals surface area contributed by atoms with Crippen molar-refractivity contribution in [2.75, 3.05) is 13.1 Å². The van der Waals surface area contributed by atoms with Crippen molar-refractivity contribution in [3.05, 3.63) is 34.9 Å². The summed E-state index contributed by atoms with van der Waals surface area (Å²) in [5.41, 5.74) is 5.93. The number of urea groups is 1. The maximum Gasteiger partial charge on any atom is 0.314 e. The van der Waals surface area contributed by atoms with Crippen LogP contribution >= 0.6 is 11.6 Å². The van der Waals surface area contributed by atoms with Gasteiger partial charge in [-0.25, -0.2) is 4.79 Å². The zero-order chi connectivity index (χ0) is 13.4. The van der Waals surface area contributed by atoms with Crippen molar-refractivity contribution >= 4 is 23.5 Å². The summed E-state index contributed by atoms with van der Waals surface area (Å²) in [6.07, 6.45) is 0.793. The SMILES string of the molecule is NC(=O)CCNC(=O)NCCc1ccccc1Cl. The van der Waals surface area contributed by atoms with Gasteiger partial charge in [0, 0.05) is 24.5 Å². The molecule has 4 N–H and O–H groups in total. The van der Waals surface area contributed by atoms with E-state index in [-0.39, 0.29) is 19.0 Å². The topological polar surface area (TPSA) is 84.2 Å². The van der Waals surface area contributed by atoms with E-state index >= 15 is 0 Å². The molecule has 1 aromatic carbocycles. The van der Waals surface area contributed by atoms with E-state index in [1.165, 1.54) is 0 Å². The first kappa shape index (κ1) is 14.3. The molecule has 0 heterocycles. The predicted molar refractivity (Wildman–Crippen MR) is 70.4 cm³/mol. The van der Waals surface area contributed by atoms with Crippen LogP contribution in [0, 0.1) is 0 Å². The van der Waals surface area contributed by atoms with Crippen LogP contribution < -0.4 is 16.4 Å². The third kappa shape index (κ3) is 5.54. The third-order valence-electron chi connectivity index (χ3n) is 2.29. The number of hydrogen-bond acceptors (Lipinski definition) is 2. The highest BCUT2D eigenvalue weighted by Crippen LogP contribution is 2.14. The van der Waals surface area contributed by atoms with E-state index in [1.807, 2.05) is 24.3 Å². The first-order valence-corrected chi connectivity index (χ1v) is 6.01. The van der Waals surface area contributed by atoms with Crippen molar-refractivity contribution in [1.82, 2.24) is 10.6 Å². The van der Waals surface area contributed by atoms with Gasteiger partial charge in [0.2, 0.25) is 5.91 Å². The van der Waals surface area contributed by atoms with Gasteiger partial charge in [0.05, 0.1) is 0 Å². The van der Waals surface area contributed by atoms with E-state index in [0.717, 1.165) is 5.56 Å². The van der Waals surface area contributed by atoms with Crippen LogP contribution in [-0.4, -0.2) is 25.0 Å². The van der Waals surface area contributed by atoms with Gasteiger partial charge >= 0.3 is 6.03 Å². The number of amides is 3. The van der Waals surface area contributed by atoms with Gasteiger partial charge in [-0.15, -0.1) is 0 Å². The highest BCUT2D eigenvalue weighted by Gasteiger charge is 2.02. The van der Waals surface area contributed by atoms with Crippen LogP contribution in [0.5, 0.6) is 0 Å². The normalized spacial score (nSPS) is 9.83. The number of primary amides is 1. The van der Waals surface area contributed by atoms with Crippen LogP contribution in [0.1, 0.15) is 12.0 Å². The Labute approximate surface area is 111 Å². The number of carbonyl (C=O) groups excluding carboxylic acids is 2. The van der Waals surface area contributed by atoms with Crippen molar-refractivity contribution in [3.8, 4) is 0 Å². The summed E-state index contributed by atoms with van der Waals surface area (Å²) in [7, 11) is 0. The van der Waals surface area contributed by atoms with Gasteiger partial charge in [-0.05, 0) is 18.1 Å². The lowest BCUT2D eigenvalue weighted by molar-refractivity contribution is -0.117. The van der Waals surface area contributed by atoms with E-state index in [0.29, 0.717) is 18.0 Å². The average Bonchev–Trinajstić information content (AvgIpc) is 2.31. The molecule has 0 saturated carbocycles. The summed E-state index contributed by atoms with van der Waals surface area (Å²) in [6.45, 7) is 0.722. The number of nitrogens with two attached hydrogens (primary N) is 1. The number of rotatable bonds is 6. The zero-order valence-electron chi connectivity index (χ0n) is 9.91. The molecule has 5 nitrogen and oxygen atoms in total. The van der Waals surface area contributed by atoms with Crippen LogP contribution in [0.15, 0.2) is 24.3 Å². The minimum Gasteiger partial charge on any atom is -0.370 e. The summed E-state index contributed by atoms with van der Waals surface area (Å²) in [6, 6.07) is 7.16. The predicted octanol–water partition coefficient (Wildman–Crippen LogP) is 1.06. The molecule has 0 fully saturated rings. The van der Waals surface area contributed by atoms with Gasteiger partial charge in [0.15, 0.2) is 0 Å². The molecule has 0 aliphatic carbocycles. The van der Waals surface area contributed by atoms with Crippen LogP contribution in [-0.2, 0) is 11.2 Å². The summed E-state index contributed by atoms with van der Waals surface area (Å²) in [4.78, 5) is 21.7. The summed E-state index contributed by atoms with van der Waals surface area (Å²) in [5, 5.41) is 5.89. The third-order valence-corrected chi connectivity index (χ3v) is 2.66. The summed E-state index contributed by atoms with van der Waals surface area (Å²) < 4.78 is 0. The highest BCUT2D eigenvalue weighted by molar-refractivity contribution is 6.31. The van der Waals surface area contributed by atoms with Gasteiger partial charge < -0.3 is 16.4 Å². The summed E-state index contributed by atoms with van der Waals surface area (Å²) >= 11 is 5.98. The Morgan fingerprint density at radius 1 is 1.17 bits per heavy atom. The smallest absolute Gasteiger partial charge is 0.314 e. The molecule has 0 aromatic heterocycles. The molecule has 1 aromatic rings. The van der Waals surface area contributed by atoms with Crippen LogP contribution in [0.2, 0.25) is 5.02 Å². The van der Waals surface area contributed by atoms with Crippen molar-refractivity contribution in [1.29, 1.82) is 0 Å². The minimum atomic E-state index is -0.439. The Morgan fingerprint density at radius 2 is 1.83 bits per heavy atom. The van der Waals surface area contributed by atoms with Gasteiger partial charge in [-0.2, -0.15) is 0 Å². The molecule has 0 unspecified atom stereocenters. The number of carbonyl (C=O) groups is 2. The molecule has 0 radical (unpaired) electrons. The first-order chi connectivity index (χ1) is 8.59. The van der Waals surface area contributed by atoms with Gasteiger partial charge in [-0.1, -0.05) is 29.8 Å². The fourth-order valence-electron chi connectivity index (χ4n) is 1.37. The lowest BCUT2D eigenvalue weighted by atomic mass is 10.1. The molecule has 0 saturated heterocycles. The second-order valence-corrected chi connectivity index (χ2v) is 4.15. The summed E-state index contributed by atoms with van der Waals surface area (Å²) in [5.74, 6) is -0.439. The van der Waals surface area contributed by atoms with Crippen molar-refractivity contribution in [3.63, 3.8) is 0 Å². The standard InChI is InChI=1S/C12H16ClN3O2/c13-10-4-2-1-3-9(10)5-7-15-12(18)16-8-6-11(14)17/h1-4H,5-8H2,(H2,14,17)(H2,15,16,18). The Hall–Kier alpha value is -1.75. The molecule has 0 spiro atoms. The molecule has 6 heteroatoms. The molecule has 18 heavy (non-hydrogen) atoms. The molecule has 0 atom stereocenters. The van der Waals surface area contributed by atoms with Crippen LogP contribution in [0.3, 0.4) is 0 Å². The van der Waals surface area contributed by atoms with Crippen LogP contribution in [0.4, 0.5) is 4.79 Å². The van der Waals surface area contributed by atoms with E-state index in [1.54, 1.807) is 0 Å². The Bertz CT molecular complexity index is 424. The number of hydrogen-bond donors (Lipinski definition) is 3. The molecular weight excluding hydrogens is 254 g/mol. The quantitative estimate of drug-likeness (QED) is 0.721. The molecule has 1 rings (SSSR count). The van der Waals surface area contributed by atoms with Crippen molar-refractivity contribution in [2.45, 2.75) is 12.8 Å². The molecule has 98 valence electrons. The second-order valence-electron chi connectivity index (χ2n) is 3.74. The highest BCUT2D eigenvalue weighted by atomic mass is 35.5. The fourth-order valence-corrected chi connectivity index (χ4v) is 1.60. The molecule has 0 bridgehead atoms. The minimum absolute atomic E-state index is 0.137. The van der Waals surface area contributed by atoms with E-state index < -0.39 is 5.91 Å². The second kappa shape index (κ2) is 7.55. The first-order valence-electron chi connectivity index (χ1n) is 5.63. The zero-order valence-corrected chi connectivity index (χ0v) is 10.7. The molecule has 3 amide bonds. The number of nitrogens with one attached hydrogen (secondary N) is 2. The Kier molecular flexibility index (Phi) is 6.00. The van der Waals surface area contributed by atoms with Gasteiger partial charge in [0.1, 0.15) is 0 Å². The monoisotopic (exact) mass is 269 g/mol. The number of benzene rings is 1. The van der Waals surface area contributed by atoms with Gasteiger partial charge in [-0.3, -0.25) is 4.79 Å². The lowest BCUT2D eigenvalue weighted by Crippen LogP contribution is -2.38. The van der Waals surface area contributed by atoms with E-state index in [2.05, 4.69) is 10.6 Å². The largest absolute Gasteiger partial charge is 0.370 e. The van der Waals surface area contributed by atoms with E-state index in [4.69, 9.17) is 17.3 Å². The van der Waals surface area contributed by atoms with E-state index in [9.17, 15) is 9.59 Å². The molecular formula is C12H16ClN3O2. The van der Waals surface area contributed by atoms with Crippen LogP contribution in [0.25, 0.3) is 0 Å². The average molecular weight is 270 g/mol. The number of halogens is 1. The molecule has 0 aliphatic rings. The lowest BCUT2D eigenvalue weighted by Gasteiger charge is -2.07. The maximum atomic E-state index is 11.3. The Morgan fingerprint density at radius 3 is 2.50 bits per heavy atom. The van der Waals surface area contributed by atoms with Gasteiger partial charge in [0.25, 0.3) is 0 Å². The maximum absolute atomic E-state index is 11.3. The Balaban J connectivity index is 2.20. The van der Waals surface area contributed by atoms with Crippen molar-refractivity contribution in [2.24, 2.45) is 5.73 Å². The molecule has 0 aliphatic heterocycles.